The number of aliphatic carboxylic acids is 1. The number of carbonyl (C=O) groups excluding carboxylic acids is 1. The molecule has 0 aliphatic carbocycles. The van der Waals surface area contributed by atoms with E-state index >= 15 is 0 Å². The molecule has 0 aliphatic heterocycles. The summed E-state index contributed by atoms with van der Waals surface area (Å²) in [5.41, 5.74) is 0. The third kappa shape index (κ3) is 6.32. The van der Waals surface area contributed by atoms with Gasteiger partial charge < -0.3 is 10.4 Å². The van der Waals surface area contributed by atoms with E-state index in [0.29, 0.717) is 18.7 Å². The Kier molecular flexibility index (Phi) is 6.94. The molecule has 0 aromatic heterocycles. The number of rotatable bonds is 9. The summed E-state index contributed by atoms with van der Waals surface area (Å²) in [5.74, 6) is -0.352. The highest BCUT2D eigenvalue weighted by Gasteiger charge is 2.03. The standard InChI is InChI=1S/C18H21NO3S/c20-17(19-11-5-1-2-8-18(21)22)13-23-16-10-9-14-6-3-4-7-15(14)12-16/h3-4,6-7,9-10,12H,1-2,5,8,11,13H2,(H,19,20)(H,21,22). The second-order valence-electron chi connectivity index (χ2n) is 5.35. The van der Waals surface area contributed by atoms with Crippen molar-refractivity contribution in [2.75, 3.05) is 12.3 Å². The molecular weight excluding hydrogens is 310 g/mol. The molecule has 0 saturated heterocycles. The van der Waals surface area contributed by atoms with Gasteiger partial charge in [0.25, 0.3) is 0 Å². The van der Waals surface area contributed by atoms with Crippen LogP contribution >= 0.6 is 11.8 Å². The fraction of sp³-hybridized carbons (Fsp3) is 0.333. The predicted octanol–water partition coefficient (Wildman–Crippen LogP) is 3.69. The second kappa shape index (κ2) is 9.20. The van der Waals surface area contributed by atoms with Crippen molar-refractivity contribution in [1.29, 1.82) is 0 Å². The van der Waals surface area contributed by atoms with Crippen molar-refractivity contribution in [1.82, 2.24) is 5.32 Å². The van der Waals surface area contributed by atoms with Gasteiger partial charge in [-0.3, -0.25) is 9.59 Å². The van der Waals surface area contributed by atoms with E-state index in [0.717, 1.165) is 17.7 Å². The first-order chi connectivity index (χ1) is 11.1. The van der Waals surface area contributed by atoms with Crippen molar-refractivity contribution in [2.24, 2.45) is 0 Å². The highest BCUT2D eigenvalue weighted by atomic mass is 32.2. The molecule has 0 saturated carbocycles. The molecule has 5 heteroatoms. The molecule has 2 aromatic carbocycles. The lowest BCUT2D eigenvalue weighted by molar-refractivity contribution is -0.137. The Morgan fingerprint density at radius 3 is 2.57 bits per heavy atom. The Morgan fingerprint density at radius 2 is 1.78 bits per heavy atom. The van der Waals surface area contributed by atoms with Gasteiger partial charge in [-0.1, -0.05) is 36.8 Å². The highest BCUT2D eigenvalue weighted by molar-refractivity contribution is 8.00. The van der Waals surface area contributed by atoms with Crippen LogP contribution in [0.4, 0.5) is 0 Å². The topological polar surface area (TPSA) is 66.4 Å². The van der Waals surface area contributed by atoms with E-state index in [9.17, 15) is 9.59 Å². The summed E-state index contributed by atoms with van der Waals surface area (Å²) in [6.45, 7) is 0.608. The number of benzene rings is 2. The van der Waals surface area contributed by atoms with E-state index < -0.39 is 5.97 Å². The molecule has 2 rings (SSSR count). The van der Waals surface area contributed by atoms with E-state index in [4.69, 9.17) is 5.11 Å². The minimum atomic E-state index is -0.763. The number of carboxylic acid groups (broad SMARTS) is 1. The average molecular weight is 331 g/mol. The minimum Gasteiger partial charge on any atom is -0.481 e. The van der Waals surface area contributed by atoms with Crippen molar-refractivity contribution in [2.45, 2.75) is 30.6 Å². The van der Waals surface area contributed by atoms with Crippen LogP contribution in [0.15, 0.2) is 47.4 Å². The number of amides is 1. The van der Waals surface area contributed by atoms with Gasteiger partial charge in [-0.05, 0) is 35.7 Å². The maximum absolute atomic E-state index is 11.8. The largest absolute Gasteiger partial charge is 0.481 e. The Morgan fingerprint density at radius 1 is 1.00 bits per heavy atom. The number of carbonyl (C=O) groups is 2. The van der Waals surface area contributed by atoms with Gasteiger partial charge in [-0.2, -0.15) is 0 Å². The fourth-order valence-electron chi connectivity index (χ4n) is 2.26. The number of nitrogens with one attached hydrogen (secondary N) is 1. The minimum absolute atomic E-state index is 0.0152. The van der Waals surface area contributed by atoms with Crippen LogP contribution in [0, 0.1) is 0 Å². The Hall–Kier alpha value is -2.01. The molecule has 0 spiro atoms. The molecule has 0 bridgehead atoms. The first-order valence-corrected chi connectivity index (χ1v) is 8.74. The van der Waals surface area contributed by atoms with E-state index in [2.05, 4.69) is 29.6 Å². The van der Waals surface area contributed by atoms with Crippen LogP contribution in [-0.4, -0.2) is 29.3 Å². The normalized spacial score (nSPS) is 10.6. The predicted molar refractivity (Wildman–Crippen MR) is 93.8 cm³/mol. The summed E-state index contributed by atoms with van der Waals surface area (Å²) in [6, 6.07) is 14.4. The van der Waals surface area contributed by atoms with Crippen LogP contribution in [-0.2, 0) is 9.59 Å². The summed E-state index contributed by atoms with van der Waals surface area (Å²) >= 11 is 1.53. The molecule has 0 radical (unpaired) electrons. The van der Waals surface area contributed by atoms with Crippen LogP contribution < -0.4 is 5.32 Å². The number of thioether (sulfide) groups is 1. The van der Waals surface area contributed by atoms with Gasteiger partial charge >= 0.3 is 5.97 Å². The van der Waals surface area contributed by atoms with Gasteiger partial charge in [0, 0.05) is 17.9 Å². The van der Waals surface area contributed by atoms with E-state index in [1.54, 1.807) is 0 Å². The maximum atomic E-state index is 11.8. The van der Waals surface area contributed by atoms with Crippen LogP contribution in [0.5, 0.6) is 0 Å². The second-order valence-corrected chi connectivity index (χ2v) is 6.40. The first-order valence-electron chi connectivity index (χ1n) is 7.75. The van der Waals surface area contributed by atoms with Crippen molar-refractivity contribution >= 4 is 34.4 Å². The van der Waals surface area contributed by atoms with Crippen LogP contribution in [0.3, 0.4) is 0 Å². The van der Waals surface area contributed by atoms with Gasteiger partial charge in [-0.25, -0.2) is 0 Å². The Bertz CT molecular complexity index is 672. The molecule has 0 fully saturated rings. The molecule has 0 unspecified atom stereocenters. The van der Waals surface area contributed by atoms with Gasteiger partial charge in [0.2, 0.25) is 5.91 Å². The van der Waals surface area contributed by atoms with Gasteiger partial charge in [0.05, 0.1) is 5.75 Å². The molecule has 4 nitrogen and oxygen atoms in total. The summed E-state index contributed by atoms with van der Waals surface area (Å²) in [5, 5.41) is 13.8. The molecule has 0 aliphatic rings. The summed E-state index contributed by atoms with van der Waals surface area (Å²) in [4.78, 5) is 23.2. The smallest absolute Gasteiger partial charge is 0.303 e. The monoisotopic (exact) mass is 331 g/mol. The molecule has 122 valence electrons. The van der Waals surface area contributed by atoms with E-state index in [1.807, 2.05) is 18.2 Å². The number of hydrogen-bond donors (Lipinski definition) is 2. The molecule has 23 heavy (non-hydrogen) atoms. The van der Waals surface area contributed by atoms with Crippen molar-refractivity contribution in [3.63, 3.8) is 0 Å². The SMILES string of the molecule is O=C(O)CCCCCNC(=O)CSc1ccc2ccccc2c1. The van der Waals surface area contributed by atoms with E-state index in [1.165, 1.54) is 22.5 Å². The lowest BCUT2D eigenvalue weighted by Gasteiger charge is -2.06. The number of fused-ring (bicyclic) bond motifs is 1. The van der Waals surface area contributed by atoms with Crippen LogP contribution in [0.25, 0.3) is 10.8 Å². The first kappa shape index (κ1) is 17.3. The molecule has 1 amide bonds. The third-order valence-corrected chi connectivity index (χ3v) is 4.47. The summed E-state index contributed by atoms with van der Waals surface area (Å²) < 4.78 is 0. The summed E-state index contributed by atoms with van der Waals surface area (Å²) in [6.07, 6.45) is 2.51. The number of carboxylic acids is 1. The highest BCUT2D eigenvalue weighted by Crippen LogP contribution is 2.23. The average Bonchev–Trinajstić information content (AvgIpc) is 2.55. The number of hydrogen-bond acceptors (Lipinski definition) is 3. The summed E-state index contributed by atoms with van der Waals surface area (Å²) in [7, 11) is 0. The lowest BCUT2D eigenvalue weighted by atomic mass is 10.1. The van der Waals surface area contributed by atoms with Gasteiger partial charge in [0.15, 0.2) is 0 Å². The van der Waals surface area contributed by atoms with Gasteiger partial charge in [0.1, 0.15) is 0 Å². The molecule has 2 aromatic rings. The zero-order valence-corrected chi connectivity index (χ0v) is 13.8. The third-order valence-electron chi connectivity index (χ3n) is 3.48. The van der Waals surface area contributed by atoms with Crippen molar-refractivity contribution < 1.29 is 14.7 Å². The van der Waals surface area contributed by atoms with Crippen molar-refractivity contribution in [3.05, 3.63) is 42.5 Å². The molecule has 2 N–H and O–H groups in total. The maximum Gasteiger partial charge on any atom is 0.303 e. The number of unbranched alkanes of at least 4 members (excludes halogenated alkanes) is 2. The zero-order chi connectivity index (χ0) is 16.5. The fourth-order valence-corrected chi connectivity index (χ4v) is 3.04. The Balaban J connectivity index is 1.66. The van der Waals surface area contributed by atoms with E-state index in [-0.39, 0.29) is 12.3 Å². The van der Waals surface area contributed by atoms with Crippen LogP contribution in [0.1, 0.15) is 25.7 Å². The molecule has 0 heterocycles. The molecular formula is C18H21NO3S. The lowest BCUT2D eigenvalue weighted by Crippen LogP contribution is -2.26. The Labute approximate surface area is 140 Å². The quantitative estimate of drug-likeness (QED) is 0.543. The van der Waals surface area contributed by atoms with Crippen LogP contribution in [0.2, 0.25) is 0 Å². The zero-order valence-electron chi connectivity index (χ0n) is 13.0. The van der Waals surface area contributed by atoms with Crippen molar-refractivity contribution in [3.8, 4) is 0 Å². The van der Waals surface area contributed by atoms with Gasteiger partial charge in [-0.15, -0.1) is 11.8 Å². The molecule has 0 atom stereocenters.